The van der Waals surface area contributed by atoms with Gasteiger partial charge in [-0.15, -0.1) is 10.2 Å². The lowest BCUT2D eigenvalue weighted by Gasteiger charge is -2.13. The summed E-state index contributed by atoms with van der Waals surface area (Å²) >= 11 is 7.46. The maximum Gasteiger partial charge on any atom is 0.237 e. The average molecular weight is 388 g/mol. The summed E-state index contributed by atoms with van der Waals surface area (Å²) in [5, 5.41) is 12.3. The summed E-state index contributed by atoms with van der Waals surface area (Å²) < 4.78 is 1.87. The van der Waals surface area contributed by atoms with Crippen LogP contribution in [0.2, 0.25) is 5.02 Å². The van der Waals surface area contributed by atoms with Gasteiger partial charge in [-0.05, 0) is 43.7 Å². The standard InChI is InChI=1S/C18H18ClN5OS/c1-11-14(19)5-4-6-15(11)21-17(25)12(2)26-18-23-22-16(24(18)3)13-7-9-20-10-8-13/h4-10,12H,1-3H3,(H,21,25)/t12-/m0/s1. The molecule has 0 spiro atoms. The Bertz CT molecular complexity index is 929. The molecule has 1 amide bonds. The molecule has 0 radical (unpaired) electrons. The van der Waals surface area contributed by atoms with Crippen LogP contribution in [0.5, 0.6) is 0 Å². The van der Waals surface area contributed by atoms with Gasteiger partial charge in [0.1, 0.15) is 0 Å². The Morgan fingerprint density at radius 3 is 2.69 bits per heavy atom. The van der Waals surface area contributed by atoms with Crippen molar-refractivity contribution in [3.63, 3.8) is 0 Å². The number of halogens is 1. The molecule has 0 bridgehead atoms. The van der Waals surface area contributed by atoms with Gasteiger partial charge in [0, 0.05) is 35.7 Å². The average Bonchev–Trinajstić information content (AvgIpc) is 3.00. The number of rotatable bonds is 5. The largest absolute Gasteiger partial charge is 0.325 e. The quantitative estimate of drug-likeness (QED) is 0.671. The summed E-state index contributed by atoms with van der Waals surface area (Å²) in [7, 11) is 1.88. The van der Waals surface area contributed by atoms with E-state index < -0.39 is 0 Å². The Hall–Kier alpha value is -2.38. The highest BCUT2D eigenvalue weighted by Crippen LogP contribution is 2.27. The van der Waals surface area contributed by atoms with Gasteiger partial charge < -0.3 is 9.88 Å². The van der Waals surface area contributed by atoms with Gasteiger partial charge in [-0.3, -0.25) is 9.78 Å². The van der Waals surface area contributed by atoms with E-state index in [4.69, 9.17) is 11.6 Å². The molecule has 0 unspecified atom stereocenters. The number of carbonyl (C=O) groups excluding carboxylic acids is 1. The van der Waals surface area contributed by atoms with E-state index in [0.717, 1.165) is 17.0 Å². The third-order valence-electron chi connectivity index (χ3n) is 3.95. The van der Waals surface area contributed by atoms with E-state index in [1.807, 2.05) is 49.7 Å². The van der Waals surface area contributed by atoms with Crippen LogP contribution in [-0.4, -0.2) is 30.9 Å². The van der Waals surface area contributed by atoms with Gasteiger partial charge >= 0.3 is 0 Å². The number of amides is 1. The van der Waals surface area contributed by atoms with Crippen LogP contribution in [0.15, 0.2) is 47.9 Å². The molecule has 0 saturated heterocycles. The highest BCUT2D eigenvalue weighted by atomic mass is 35.5. The zero-order valence-corrected chi connectivity index (χ0v) is 16.2. The third-order valence-corrected chi connectivity index (χ3v) is 5.49. The molecule has 1 N–H and O–H groups in total. The normalized spacial score (nSPS) is 12.0. The van der Waals surface area contributed by atoms with Crippen LogP contribution in [0.25, 0.3) is 11.4 Å². The minimum Gasteiger partial charge on any atom is -0.325 e. The summed E-state index contributed by atoms with van der Waals surface area (Å²) in [6.45, 7) is 3.71. The summed E-state index contributed by atoms with van der Waals surface area (Å²) in [4.78, 5) is 16.5. The zero-order chi connectivity index (χ0) is 18.7. The molecule has 0 aliphatic heterocycles. The second kappa shape index (κ2) is 7.88. The van der Waals surface area contributed by atoms with E-state index in [2.05, 4.69) is 20.5 Å². The van der Waals surface area contributed by atoms with Crippen molar-refractivity contribution in [3.05, 3.63) is 53.3 Å². The minimum atomic E-state index is -0.346. The van der Waals surface area contributed by atoms with E-state index in [1.54, 1.807) is 18.5 Å². The fourth-order valence-corrected chi connectivity index (χ4v) is 3.35. The number of thioether (sulfide) groups is 1. The van der Waals surface area contributed by atoms with Crippen molar-refractivity contribution < 1.29 is 4.79 Å². The Morgan fingerprint density at radius 1 is 1.23 bits per heavy atom. The molecule has 0 saturated carbocycles. The molecule has 26 heavy (non-hydrogen) atoms. The van der Waals surface area contributed by atoms with Crippen LogP contribution in [0.3, 0.4) is 0 Å². The summed E-state index contributed by atoms with van der Waals surface area (Å²) in [6.07, 6.45) is 3.42. The molecule has 0 aliphatic carbocycles. The van der Waals surface area contributed by atoms with Gasteiger partial charge in [0.15, 0.2) is 11.0 Å². The van der Waals surface area contributed by atoms with Crippen LogP contribution in [0, 0.1) is 6.92 Å². The molecular weight excluding hydrogens is 370 g/mol. The lowest BCUT2D eigenvalue weighted by Crippen LogP contribution is -2.23. The molecule has 3 aromatic rings. The Labute approximate surface area is 161 Å². The fourth-order valence-electron chi connectivity index (χ4n) is 2.36. The number of nitrogens with zero attached hydrogens (tertiary/aromatic N) is 4. The van der Waals surface area contributed by atoms with Crippen molar-refractivity contribution in [2.45, 2.75) is 24.3 Å². The number of hydrogen-bond acceptors (Lipinski definition) is 5. The first-order chi connectivity index (χ1) is 12.5. The number of benzene rings is 1. The molecule has 0 aliphatic rings. The van der Waals surface area contributed by atoms with E-state index in [9.17, 15) is 4.79 Å². The van der Waals surface area contributed by atoms with Crippen LogP contribution in [0.4, 0.5) is 5.69 Å². The molecule has 1 atom stereocenters. The maximum absolute atomic E-state index is 12.5. The third kappa shape index (κ3) is 3.89. The van der Waals surface area contributed by atoms with E-state index in [1.165, 1.54) is 11.8 Å². The van der Waals surface area contributed by atoms with Crippen molar-refractivity contribution in [3.8, 4) is 11.4 Å². The van der Waals surface area contributed by atoms with Crippen molar-refractivity contribution >= 4 is 35.0 Å². The smallest absolute Gasteiger partial charge is 0.237 e. The number of pyridine rings is 1. The molecule has 1 aromatic carbocycles. The first-order valence-corrected chi connectivity index (χ1v) is 9.25. The lowest BCUT2D eigenvalue weighted by molar-refractivity contribution is -0.115. The molecule has 8 heteroatoms. The molecule has 6 nitrogen and oxygen atoms in total. The zero-order valence-electron chi connectivity index (χ0n) is 14.6. The number of anilines is 1. The van der Waals surface area contributed by atoms with Crippen molar-refractivity contribution in [2.75, 3.05) is 5.32 Å². The maximum atomic E-state index is 12.5. The number of nitrogens with one attached hydrogen (secondary N) is 1. The van der Waals surface area contributed by atoms with Crippen LogP contribution >= 0.6 is 23.4 Å². The summed E-state index contributed by atoms with van der Waals surface area (Å²) in [5.74, 6) is 0.613. The Balaban J connectivity index is 1.72. The summed E-state index contributed by atoms with van der Waals surface area (Å²) in [5.41, 5.74) is 2.48. The predicted molar refractivity (Wildman–Crippen MR) is 104 cm³/mol. The molecule has 2 heterocycles. The molecule has 3 rings (SSSR count). The SMILES string of the molecule is Cc1c(Cl)cccc1NC(=O)[C@H](C)Sc1nnc(-c2ccncc2)n1C. The van der Waals surface area contributed by atoms with Gasteiger partial charge in [0.2, 0.25) is 5.91 Å². The van der Waals surface area contributed by atoms with Gasteiger partial charge in [0.25, 0.3) is 0 Å². The second-order valence-electron chi connectivity index (χ2n) is 5.76. The van der Waals surface area contributed by atoms with Crippen LogP contribution in [0.1, 0.15) is 12.5 Å². The fraction of sp³-hybridized carbons (Fsp3) is 0.222. The van der Waals surface area contributed by atoms with Gasteiger partial charge in [-0.1, -0.05) is 29.4 Å². The van der Waals surface area contributed by atoms with Crippen LogP contribution < -0.4 is 5.32 Å². The van der Waals surface area contributed by atoms with Crippen LogP contribution in [-0.2, 0) is 11.8 Å². The molecule has 134 valence electrons. The molecular formula is C18H18ClN5OS. The Kier molecular flexibility index (Phi) is 5.58. The highest BCUT2D eigenvalue weighted by Gasteiger charge is 2.20. The van der Waals surface area contributed by atoms with Gasteiger partial charge in [0.05, 0.1) is 5.25 Å². The van der Waals surface area contributed by atoms with Gasteiger partial charge in [-0.25, -0.2) is 0 Å². The second-order valence-corrected chi connectivity index (χ2v) is 7.48. The number of aromatic nitrogens is 4. The topological polar surface area (TPSA) is 72.7 Å². The minimum absolute atomic E-state index is 0.117. The number of carbonyl (C=O) groups is 1. The van der Waals surface area contributed by atoms with Gasteiger partial charge in [-0.2, -0.15) is 0 Å². The Morgan fingerprint density at radius 2 is 1.96 bits per heavy atom. The predicted octanol–water partition coefficient (Wildman–Crippen LogP) is 3.96. The monoisotopic (exact) mass is 387 g/mol. The molecule has 0 fully saturated rings. The van der Waals surface area contributed by atoms with Crippen molar-refractivity contribution in [1.82, 2.24) is 19.7 Å². The van der Waals surface area contributed by atoms with E-state index in [0.29, 0.717) is 15.9 Å². The molecule has 2 aromatic heterocycles. The van der Waals surface area contributed by atoms with E-state index >= 15 is 0 Å². The van der Waals surface area contributed by atoms with E-state index in [-0.39, 0.29) is 11.2 Å². The first kappa shape index (κ1) is 18.4. The van der Waals surface area contributed by atoms with Crippen molar-refractivity contribution in [2.24, 2.45) is 7.05 Å². The van der Waals surface area contributed by atoms with Crippen molar-refractivity contribution in [1.29, 1.82) is 0 Å². The summed E-state index contributed by atoms with van der Waals surface area (Å²) in [6, 6.07) is 9.19. The number of hydrogen-bond donors (Lipinski definition) is 1. The lowest BCUT2D eigenvalue weighted by atomic mass is 10.2. The highest BCUT2D eigenvalue weighted by molar-refractivity contribution is 8.00. The first-order valence-electron chi connectivity index (χ1n) is 8.00.